The van der Waals surface area contributed by atoms with E-state index in [-0.39, 0.29) is 5.91 Å². The fourth-order valence-electron chi connectivity index (χ4n) is 1.14. The van der Waals surface area contributed by atoms with Gasteiger partial charge in [-0.05, 0) is 12.1 Å². The minimum absolute atomic E-state index is 0.0295. The highest BCUT2D eigenvalue weighted by Crippen LogP contribution is 2.15. The molecule has 0 bridgehead atoms. The minimum atomic E-state index is -0.0295. The van der Waals surface area contributed by atoms with E-state index in [0.717, 1.165) is 11.3 Å². The molecule has 1 aromatic rings. The van der Waals surface area contributed by atoms with Crippen LogP contribution in [0.2, 0.25) is 0 Å². The third kappa shape index (κ3) is 2.77. The molecular formula is C12H14N2O. The molecule has 0 aromatic carbocycles. The first-order chi connectivity index (χ1) is 7.21. The quantitative estimate of drug-likeness (QED) is 0.815. The maximum atomic E-state index is 11.2. The van der Waals surface area contributed by atoms with Crippen molar-refractivity contribution in [1.82, 2.24) is 4.98 Å². The van der Waals surface area contributed by atoms with Crippen LogP contribution in [0.25, 0.3) is 12.2 Å². The topological polar surface area (TPSA) is 42.0 Å². The number of hydrogen-bond donors (Lipinski definition) is 1. The van der Waals surface area contributed by atoms with E-state index >= 15 is 0 Å². The normalized spacial score (nSPS) is 9.40. The lowest BCUT2D eigenvalue weighted by Crippen LogP contribution is -2.10. The molecule has 1 aromatic heterocycles. The summed E-state index contributed by atoms with van der Waals surface area (Å²) in [6, 6.07) is 1.82. The van der Waals surface area contributed by atoms with Crippen molar-refractivity contribution in [3.05, 3.63) is 36.7 Å². The molecule has 0 spiro atoms. The summed E-state index contributed by atoms with van der Waals surface area (Å²) in [5.74, 6) is -0.0295. The second kappa shape index (κ2) is 5.10. The Morgan fingerprint density at radius 1 is 1.53 bits per heavy atom. The van der Waals surface area contributed by atoms with Crippen LogP contribution in [0.1, 0.15) is 24.6 Å². The van der Waals surface area contributed by atoms with Gasteiger partial charge in [0.25, 0.3) is 0 Å². The van der Waals surface area contributed by atoms with Crippen LogP contribution in [0.15, 0.2) is 25.4 Å². The van der Waals surface area contributed by atoms with Gasteiger partial charge < -0.3 is 5.32 Å². The van der Waals surface area contributed by atoms with Crippen molar-refractivity contribution in [1.29, 1.82) is 0 Å². The summed E-state index contributed by atoms with van der Waals surface area (Å²) in [4.78, 5) is 15.3. The fourth-order valence-corrected chi connectivity index (χ4v) is 1.14. The van der Waals surface area contributed by atoms with Crippen LogP contribution < -0.4 is 5.32 Å². The molecule has 0 aliphatic rings. The first kappa shape index (κ1) is 11.2. The maximum absolute atomic E-state index is 11.2. The van der Waals surface area contributed by atoms with Gasteiger partial charge in [-0.3, -0.25) is 9.78 Å². The molecule has 78 valence electrons. The molecule has 1 N–H and O–H groups in total. The number of amides is 1. The zero-order chi connectivity index (χ0) is 11.3. The van der Waals surface area contributed by atoms with Gasteiger partial charge in [-0.2, -0.15) is 0 Å². The van der Waals surface area contributed by atoms with E-state index in [0.29, 0.717) is 12.1 Å². The standard InChI is InChI=1S/C12H14N2O/c1-4-9-7-10(14-12(15)6-3)8-13-11(9)5-2/h4-5,7-8H,1-2,6H2,3H3,(H,14,15). The predicted octanol–water partition coefficient (Wildman–Crippen LogP) is 2.72. The highest BCUT2D eigenvalue weighted by molar-refractivity contribution is 5.90. The lowest BCUT2D eigenvalue weighted by atomic mass is 10.2. The lowest BCUT2D eigenvalue weighted by Gasteiger charge is -2.06. The summed E-state index contributed by atoms with van der Waals surface area (Å²) < 4.78 is 0. The molecule has 0 saturated carbocycles. The number of aromatic nitrogens is 1. The molecule has 1 rings (SSSR count). The Kier molecular flexibility index (Phi) is 3.80. The van der Waals surface area contributed by atoms with Gasteiger partial charge in [0.15, 0.2) is 0 Å². The van der Waals surface area contributed by atoms with Crippen molar-refractivity contribution in [2.24, 2.45) is 0 Å². The zero-order valence-electron chi connectivity index (χ0n) is 8.79. The van der Waals surface area contributed by atoms with Crippen LogP contribution in [0.4, 0.5) is 5.69 Å². The van der Waals surface area contributed by atoms with E-state index in [1.54, 1.807) is 25.3 Å². The van der Waals surface area contributed by atoms with Crippen molar-refractivity contribution in [3.8, 4) is 0 Å². The van der Waals surface area contributed by atoms with E-state index in [9.17, 15) is 4.79 Å². The number of carbonyl (C=O) groups is 1. The maximum Gasteiger partial charge on any atom is 0.224 e. The third-order valence-electron chi connectivity index (χ3n) is 1.97. The molecule has 0 aliphatic carbocycles. The van der Waals surface area contributed by atoms with Gasteiger partial charge in [0.2, 0.25) is 5.91 Å². The molecule has 3 heteroatoms. The second-order valence-electron chi connectivity index (χ2n) is 3.01. The van der Waals surface area contributed by atoms with Crippen LogP contribution in [0.3, 0.4) is 0 Å². The third-order valence-corrected chi connectivity index (χ3v) is 1.97. The van der Waals surface area contributed by atoms with Crippen molar-refractivity contribution >= 4 is 23.7 Å². The first-order valence-corrected chi connectivity index (χ1v) is 4.76. The summed E-state index contributed by atoms with van der Waals surface area (Å²) in [5.41, 5.74) is 2.31. The smallest absolute Gasteiger partial charge is 0.224 e. The summed E-state index contributed by atoms with van der Waals surface area (Å²) in [7, 11) is 0. The zero-order valence-corrected chi connectivity index (χ0v) is 8.79. The Morgan fingerprint density at radius 3 is 2.80 bits per heavy atom. The molecule has 0 aliphatic heterocycles. The molecule has 15 heavy (non-hydrogen) atoms. The van der Waals surface area contributed by atoms with Gasteiger partial charge in [0, 0.05) is 12.0 Å². The van der Waals surface area contributed by atoms with Crippen LogP contribution >= 0.6 is 0 Å². The van der Waals surface area contributed by atoms with Gasteiger partial charge in [0.1, 0.15) is 0 Å². The Morgan fingerprint density at radius 2 is 2.27 bits per heavy atom. The van der Waals surface area contributed by atoms with Crippen LogP contribution in [-0.2, 0) is 4.79 Å². The monoisotopic (exact) mass is 202 g/mol. The van der Waals surface area contributed by atoms with Crippen molar-refractivity contribution in [2.45, 2.75) is 13.3 Å². The number of pyridine rings is 1. The van der Waals surface area contributed by atoms with Crippen LogP contribution in [0.5, 0.6) is 0 Å². The molecule has 0 atom stereocenters. The van der Waals surface area contributed by atoms with E-state index in [4.69, 9.17) is 0 Å². The van der Waals surface area contributed by atoms with Crippen molar-refractivity contribution in [3.63, 3.8) is 0 Å². The molecule has 0 radical (unpaired) electrons. The van der Waals surface area contributed by atoms with E-state index in [2.05, 4.69) is 23.5 Å². The Labute approximate surface area is 89.5 Å². The highest BCUT2D eigenvalue weighted by atomic mass is 16.1. The van der Waals surface area contributed by atoms with E-state index in [1.165, 1.54) is 0 Å². The van der Waals surface area contributed by atoms with Gasteiger partial charge in [-0.15, -0.1) is 0 Å². The highest BCUT2D eigenvalue weighted by Gasteiger charge is 2.02. The van der Waals surface area contributed by atoms with Crippen LogP contribution in [-0.4, -0.2) is 10.9 Å². The number of carbonyl (C=O) groups excluding carboxylic acids is 1. The molecular weight excluding hydrogens is 188 g/mol. The van der Waals surface area contributed by atoms with Gasteiger partial charge in [-0.25, -0.2) is 0 Å². The van der Waals surface area contributed by atoms with Gasteiger partial charge in [-0.1, -0.05) is 26.2 Å². The predicted molar refractivity (Wildman–Crippen MR) is 63.3 cm³/mol. The van der Waals surface area contributed by atoms with Gasteiger partial charge >= 0.3 is 0 Å². The molecule has 0 unspecified atom stereocenters. The number of nitrogens with zero attached hydrogens (tertiary/aromatic N) is 1. The first-order valence-electron chi connectivity index (χ1n) is 4.76. The molecule has 1 amide bonds. The number of nitrogens with one attached hydrogen (secondary N) is 1. The molecule has 3 nitrogen and oxygen atoms in total. The van der Waals surface area contributed by atoms with Crippen LogP contribution in [0, 0.1) is 0 Å². The SMILES string of the molecule is C=Cc1cc(NC(=O)CC)cnc1C=C. The summed E-state index contributed by atoms with van der Waals surface area (Å²) >= 11 is 0. The van der Waals surface area contributed by atoms with E-state index < -0.39 is 0 Å². The lowest BCUT2D eigenvalue weighted by molar-refractivity contribution is -0.115. The van der Waals surface area contributed by atoms with E-state index in [1.807, 2.05) is 6.07 Å². The van der Waals surface area contributed by atoms with Crippen molar-refractivity contribution < 1.29 is 4.79 Å². The number of anilines is 1. The largest absolute Gasteiger partial charge is 0.325 e. The van der Waals surface area contributed by atoms with Crippen molar-refractivity contribution in [2.75, 3.05) is 5.32 Å². The minimum Gasteiger partial charge on any atom is -0.325 e. The average molecular weight is 202 g/mol. The molecule has 1 heterocycles. The molecule has 0 saturated heterocycles. The van der Waals surface area contributed by atoms with Gasteiger partial charge in [0.05, 0.1) is 17.6 Å². The second-order valence-corrected chi connectivity index (χ2v) is 3.01. The average Bonchev–Trinajstić information content (AvgIpc) is 2.28. The number of rotatable bonds is 4. The Hall–Kier alpha value is -1.90. The Balaban J connectivity index is 2.97. The summed E-state index contributed by atoms with van der Waals surface area (Å²) in [5, 5.41) is 2.73. The summed E-state index contributed by atoms with van der Waals surface area (Å²) in [6.07, 6.45) is 5.40. The fraction of sp³-hybridized carbons (Fsp3) is 0.167. The Bertz CT molecular complexity index is 397. The number of hydrogen-bond acceptors (Lipinski definition) is 2. The summed E-state index contributed by atoms with van der Waals surface area (Å²) in [6.45, 7) is 9.13. The molecule has 0 fully saturated rings.